The Bertz CT molecular complexity index is 3240. The van der Waals surface area contributed by atoms with Gasteiger partial charge in [0.1, 0.15) is 42.9 Å². The Morgan fingerprint density at radius 2 is 1.24 bits per heavy atom. The first-order chi connectivity index (χ1) is 44.5. The summed E-state index contributed by atoms with van der Waals surface area (Å²) in [5.41, 5.74) is 17.6. The fraction of sp³-hybridized carbons (Fsp3) is 0.530. The first-order valence-electron chi connectivity index (χ1n) is 32.1. The summed E-state index contributed by atoms with van der Waals surface area (Å²) in [5, 5.41) is 91.6. The first-order valence-corrected chi connectivity index (χ1v) is 32.1. The summed E-state index contributed by atoms with van der Waals surface area (Å²) in [4.78, 5) is 110. The molecule has 0 aliphatic carbocycles. The molecule has 27 nitrogen and oxygen atoms in total. The van der Waals surface area contributed by atoms with Crippen LogP contribution in [0.25, 0.3) is 0 Å². The fourth-order valence-electron chi connectivity index (χ4n) is 13.1. The molecule has 13 atom stereocenters. The van der Waals surface area contributed by atoms with Gasteiger partial charge in [0.2, 0.25) is 35.4 Å². The molecule has 4 aromatic carbocycles. The number of aromatic hydroxyl groups is 1. The number of carbonyl (C=O) groups is 7. The topological polar surface area (TPSA) is 399 Å². The number of benzene rings is 4. The number of phenols is 1. The van der Waals surface area contributed by atoms with Gasteiger partial charge in [0.05, 0.1) is 36.6 Å². The number of amides is 7. The van der Waals surface area contributed by atoms with Gasteiger partial charge in [-0.25, -0.2) is 0 Å². The van der Waals surface area contributed by atoms with Crippen LogP contribution in [0, 0.1) is 12.8 Å². The monoisotopic (exact) mass is 1290 g/mol. The van der Waals surface area contributed by atoms with Crippen LogP contribution < -0.4 is 57.5 Å². The van der Waals surface area contributed by atoms with Crippen molar-refractivity contribution in [3.63, 3.8) is 0 Å². The summed E-state index contributed by atoms with van der Waals surface area (Å²) in [7, 11) is 0. The van der Waals surface area contributed by atoms with E-state index in [1.54, 1.807) is 31.2 Å². The van der Waals surface area contributed by atoms with Crippen molar-refractivity contribution < 1.29 is 74.0 Å². The Morgan fingerprint density at radius 1 is 0.656 bits per heavy atom. The molecular weight excluding hydrogens is 1200 g/mol. The molecule has 5 saturated heterocycles. The van der Waals surface area contributed by atoms with Crippen LogP contribution in [0.5, 0.6) is 11.5 Å². The lowest BCUT2D eigenvalue weighted by atomic mass is 9.89. The van der Waals surface area contributed by atoms with Crippen LogP contribution in [0.15, 0.2) is 91.0 Å². The molecule has 5 heterocycles. The van der Waals surface area contributed by atoms with Gasteiger partial charge in [-0.05, 0) is 117 Å². The van der Waals surface area contributed by atoms with Crippen molar-refractivity contribution in [2.45, 2.75) is 138 Å². The molecule has 0 aromatic heterocycles. The van der Waals surface area contributed by atoms with Crippen LogP contribution in [-0.2, 0) is 35.2 Å². The number of hydrogen-bond acceptors (Lipinski definition) is 20. The van der Waals surface area contributed by atoms with Crippen LogP contribution in [0.4, 0.5) is 17.1 Å². The summed E-state index contributed by atoms with van der Waals surface area (Å²) < 4.78 is 5.52. The van der Waals surface area contributed by atoms with E-state index in [2.05, 4.69) is 96.7 Å². The molecule has 0 spiro atoms. The number of fused-ring (bicyclic) bond motifs is 2. The molecular formula is C66H90N12O15. The highest BCUT2D eigenvalue weighted by atomic mass is 16.5. The van der Waals surface area contributed by atoms with Gasteiger partial charge >= 0.3 is 0 Å². The van der Waals surface area contributed by atoms with Crippen molar-refractivity contribution in [3.05, 3.63) is 113 Å². The molecule has 16 N–H and O–H groups in total. The number of piperidine rings is 1. The van der Waals surface area contributed by atoms with Gasteiger partial charge in [-0.3, -0.25) is 33.6 Å². The number of ether oxygens (including phenoxy) is 1. The maximum Gasteiger partial charge on any atom is 0.251 e. The Hall–Kier alpha value is -8.15. The summed E-state index contributed by atoms with van der Waals surface area (Å²) in [6, 6.07) is 17.5. The number of carbonyl (C=O) groups excluding carboxylic acids is 7. The van der Waals surface area contributed by atoms with Crippen LogP contribution in [0.1, 0.15) is 78.9 Å². The second kappa shape index (κ2) is 31.2. The molecule has 27 heteroatoms. The van der Waals surface area contributed by atoms with Gasteiger partial charge in [0, 0.05) is 113 Å². The highest BCUT2D eigenvalue weighted by Gasteiger charge is 2.50. The Kier molecular flexibility index (Phi) is 23.2. The van der Waals surface area contributed by atoms with Crippen LogP contribution in [0.3, 0.4) is 0 Å². The zero-order valence-corrected chi connectivity index (χ0v) is 52.8. The van der Waals surface area contributed by atoms with E-state index in [4.69, 9.17) is 16.2 Å². The number of aryl methyl sites for hydroxylation is 1. The van der Waals surface area contributed by atoms with Crippen LogP contribution in [0.2, 0.25) is 0 Å². The number of phenolic OH excluding ortho intramolecular Hbond substituents is 1. The van der Waals surface area contributed by atoms with Crippen LogP contribution >= 0.6 is 0 Å². The van der Waals surface area contributed by atoms with Crippen molar-refractivity contribution in [1.82, 2.24) is 36.4 Å². The van der Waals surface area contributed by atoms with Gasteiger partial charge in [-0.15, -0.1) is 0 Å². The largest absolute Gasteiger partial charge is 0.504 e. The quantitative estimate of drug-likeness (QED) is 0.0579. The third-order valence-corrected chi connectivity index (χ3v) is 18.4. The molecule has 0 radical (unpaired) electrons. The minimum atomic E-state index is -2.03. The normalized spacial score (nSPS) is 26.8. The van der Waals surface area contributed by atoms with Gasteiger partial charge < -0.3 is 103 Å². The lowest BCUT2D eigenvalue weighted by Crippen LogP contribution is -2.64. The van der Waals surface area contributed by atoms with Gasteiger partial charge in [-0.2, -0.15) is 0 Å². The number of rotatable bonds is 16. The third kappa shape index (κ3) is 16.8. The average molecular weight is 1290 g/mol. The van der Waals surface area contributed by atoms with E-state index in [0.29, 0.717) is 19.0 Å². The predicted molar refractivity (Wildman–Crippen MR) is 344 cm³/mol. The molecule has 7 amide bonds. The summed E-state index contributed by atoms with van der Waals surface area (Å²) in [6.45, 7) is 8.10. The van der Waals surface area contributed by atoms with Crippen molar-refractivity contribution in [1.29, 1.82) is 0 Å². The van der Waals surface area contributed by atoms with E-state index < -0.39 is 152 Å². The summed E-state index contributed by atoms with van der Waals surface area (Å²) in [6.07, 6.45) is -9.51. The van der Waals surface area contributed by atoms with E-state index >= 15 is 0 Å². The minimum absolute atomic E-state index is 0.0000305. The number of anilines is 3. The SMILES string of the molecule is Cc1ccc(C2CCN(c3ccc(N4CCN(c5ccc(C(=O)NC6C[C@@H](O)CNC(=O)[C@@H]7[C@@H](O)[C@@H](C)CN7C(=O)[C@H]([C@H](O)CCN)NC(=O)[C@H]([C@H](O)Cc7ccc(O)c(OCCN)c7)NC(=O)[C@@H]7C[C@@H](O)CN7C(=O)[C@H]([C@@H](C)O)NC6=O)cc5)CC4)cc3)CC2)cc1. The summed E-state index contributed by atoms with van der Waals surface area (Å²) >= 11 is 0. The number of aliphatic hydroxyl groups excluding tert-OH is 6. The number of hydrogen-bond donors (Lipinski definition) is 14. The van der Waals surface area contributed by atoms with Crippen molar-refractivity contribution in [3.8, 4) is 11.5 Å². The minimum Gasteiger partial charge on any atom is -0.504 e. The van der Waals surface area contributed by atoms with E-state index in [1.165, 1.54) is 41.9 Å². The Morgan fingerprint density at radius 3 is 1.84 bits per heavy atom. The number of aliphatic hydroxyl groups is 6. The summed E-state index contributed by atoms with van der Waals surface area (Å²) in [5.74, 6) is -7.91. The maximum absolute atomic E-state index is 14.7. The number of nitrogens with two attached hydrogens (primary N) is 2. The molecule has 9 rings (SSSR count). The second-order valence-corrected chi connectivity index (χ2v) is 25.2. The number of β-amino-alcohol motifs (C(OH)–C–C–N with tert-alkyl or cyclic N) is 1. The fourth-order valence-corrected chi connectivity index (χ4v) is 13.1. The lowest BCUT2D eigenvalue weighted by Gasteiger charge is -2.38. The maximum atomic E-state index is 14.7. The molecule has 93 heavy (non-hydrogen) atoms. The van der Waals surface area contributed by atoms with Crippen molar-refractivity contribution >= 4 is 58.4 Å². The Labute approximate surface area is 540 Å². The van der Waals surface area contributed by atoms with Crippen LogP contribution in [-0.4, -0.2) is 238 Å². The van der Waals surface area contributed by atoms with Crippen molar-refractivity contribution in [2.24, 2.45) is 17.4 Å². The van der Waals surface area contributed by atoms with E-state index in [-0.39, 0.29) is 55.3 Å². The van der Waals surface area contributed by atoms with E-state index in [0.717, 1.165) is 60.2 Å². The number of piperazine rings is 1. The molecule has 0 saturated carbocycles. The Balaban J connectivity index is 0.921. The highest BCUT2D eigenvalue weighted by molar-refractivity contribution is 6.00. The second-order valence-electron chi connectivity index (χ2n) is 25.2. The lowest BCUT2D eigenvalue weighted by molar-refractivity contribution is -0.147. The molecule has 504 valence electrons. The van der Waals surface area contributed by atoms with Crippen molar-refractivity contribution in [2.75, 3.05) is 93.3 Å². The first kappa shape index (κ1) is 69.2. The number of nitrogens with one attached hydrogen (secondary N) is 5. The third-order valence-electron chi connectivity index (χ3n) is 18.4. The van der Waals surface area contributed by atoms with Gasteiger partial charge in [0.15, 0.2) is 11.5 Å². The van der Waals surface area contributed by atoms with E-state index in [9.17, 15) is 69.3 Å². The molecule has 4 aromatic rings. The molecule has 5 fully saturated rings. The zero-order chi connectivity index (χ0) is 66.8. The van der Waals surface area contributed by atoms with E-state index in [1.807, 2.05) is 0 Å². The number of nitrogens with zero attached hydrogens (tertiary/aromatic N) is 5. The molecule has 5 aliphatic rings. The standard InChI is InChI=1S/C66H90N12O15/c1-37-4-7-41(8-5-37)42-19-23-74(24-20-42)45-13-15-46(16-14-45)76-27-25-75(26-28-76)44-11-9-43(10-12-44)60(86)70-49-32-47(80)34-69-64(90)58-59(85)38(2)35-78(58)66(92)57(52(83)18-21-67)73-63(89)56(53(84)30-40-6-17-51(82)54(31-40)93-29-22-68)72-62(88)50-33-48(81)36-77(50)65(91)55(39(3)79)71-61(49)87/h4-17,31,38-39,42,47-50,52-53,55-59,79-85H,18-30,32-36,67-68H2,1-3H3,(H,69,90)(H,70,86)(H,71,87)(H,72,88)(H,73,89)/t38-,39+,47+,48+,49?,50-,52+,53+,55-,56-,57-,58-,59-/m0/s1. The molecule has 0 bridgehead atoms. The smallest absolute Gasteiger partial charge is 0.251 e. The average Bonchev–Trinajstić information content (AvgIpc) is 1.71. The molecule has 1 unspecified atom stereocenters. The zero-order valence-electron chi connectivity index (χ0n) is 52.8. The highest BCUT2D eigenvalue weighted by Crippen LogP contribution is 2.33. The van der Waals surface area contributed by atoms with Gasteiger partial charge in [-0.1, -0.05) is 42.8 Å². The molecule has 5 aliphatic heterocycles. The van der Waals surface area contributed by atoms with Gasteiger partial charge in [0.25, 0.3) is 5.91 Å². The predicted octanol–water partition coefficient (Wildman–Crippen LogP) is -1.95.